The predicted molar refractivity (Wildman–Crippen MR) is 92.1 cm³/mol. The van der Waals surface area contributed by atoms with Gasteiger partial charge in [-0.1, -0.05) is 43.3 Å². The molecule has 2 aromatic carbocycles. The summed E-state index contributed by atoms with van der Waals surface area (Å²) < 4.78 is 1.70. The van der Waals surface area contributed by atoms with Gasteiger partial charge in [0.25, 0.3) is 5.91 Å². The lowest BCUT2D eigenvalue weighted by Gasteiger charge is -2.12. The molecule has 0 saturated heterocycles. The molecular weight excluding hydrogens is 286 g/mol. The molecule has 3 aromatic rings. The quantitative estimate of drug-likeness (QED) is 0.792. The van der Waals surface area contributed by atoms with E-state index in [1.54, 1.807) is 17.1 Å². The zero-order valence-electron chi connectivity index (χ0n) is 13.3. The summed E-state index contributed by atoms with van der Waals surface area (Å²) in [5.41, 5.74) is 4.56. The van der Waals surface area contributed by atoms with Gasteiger partial charge in [-0.2, -0.15) is 5.10 Å². The van der Waals surface area contributed by atoms with Crippen molar-refractivity contribution in [2.24, 2.45) is 0 Å². The van der Waals surface area contributed by atoms with Gasteiger partial charge in [0.2, 0.25) is 0 Å². The minimum Gasteiger partial charge on any atom is -0.321 e. The van der Waals surface area contributed by atoms with Crippen molar-refractivity contribution >= 4 is 11.6 Å². The highest BCUT2D eigenvalue weighted by Gasteiger charge is 2.13. The fourth-order valence-corrected chi connectivity index (χ4v) is 2.55. The SMILES string of the molecule is CCc1cccc(C)c1NC(=O)c1cnn(-c2ccccc2)c1. The van der Waals surface area contributed by atoms with E-state index in [0.717, 1.165) is 28.9 Å². The number of hydrogen-bond acceptors (Lipinski definition) is 2. The van der Waals surface area contributed by atoms with Crippen LogP contribution in [0.3, 0.4) is 0 Å². The van der Waals surface area contributed by atoms with E-state index in [2.05, 4.69) is 17.3 Å². The Bertz CT molecular complexity index is 822. The molecule has 116 valence electrons. The van der Waals surface area contributed by atoms with E-state index in [4.69, 9.17) is 0 Å². The van der Waals surface area contributed by atoms with E-state index in [1.165, 1.54) is 0 Å². The summed E-state index contributed by atoms with van der Waals surface area (Å²) in [7, 11) is 0. The second kappa shape index (κ2) is 6.48. The summed E-state index contributed by atoms with van der Waals surface area (Å²) in [4.78, 5) is 12.5. The fourth-order valence-electron chi connectivity index (χ4n) is 2.55. The first-order chi connectivity index (χ1) is 11.2. The highest BCUT2D eigenvalue weighted by atomic mass is 16.1. The van der Waals surface area contributed by atoms with Crippen LogP contribution < -0.4 is 5.32 Å². The molecule has 1 aromatic heterocycles. The topological polar surface area (TPSA) is 46.9 Å². The number of nitrogens with one attached hydrogen (secondary N) is 1. The van der Waals surface area contributed by atoms with Gasteiger partial charge in [-0.05, 0) is 36.6 Å². The molecule has 0 radical (unpaired) electrons. The van der Waals surface area contributed by atoms with Gasteiger partial charge in [0, 0.05) is 11.9 Å². The standard InChI is InChI=1S/C19H19N3O/c1-3-15-9-7-8-14(2)18(15)21-19(23)16-12-20-22(13-16)17-10-5-4-6-11-17/h4-13H,3H2,1-2H3,(H,21,23). The van der Waals surface area contributed by atoms with Gasteiger partial charge in [-0.25, -0.2) is 4.68 Å². The molecule has 0 bridgehead atoms. The summed E-state index contributed by atoms with van der Waals surface area (Å²) in [6.45, 7) is 4.08. The van der Waals surface area contributed by atoms with Crippen molar-refractivity contribution in [3.63, 3.8) is 0 Å². The Balaban J connectivity index is 1.84. The van der Waals surface area contributed by atoms with Gasteiger partial charge in [0.1, 0.15) is 0 Å². The van der Waals surface area contributed by atoms with Crippen LogP contribution in [-0.4, -0.2) is 15.7 Å². The lowest BCUT2D eigenvalue weighted by molar-refractivity contribution is 0.102. The predicted octanol–water partition coefficient (Wildman–Crippen LogP) is 4.00. The molecule has 1 amide bonds. The number of aryl methyl sites for hydroxylation is 2. The lowest BCUT2D eigenvalue weighted by Crippen LogP contribution is -2.13. The molecule has 1 heterocycles. The Morgan fingerprint density at radius 1 is 1.13 bits per heavy atom. The third-order valence-corrected chi connectivity index (χ3v) is 3.84. The minimum atomic E-state index is -0.142. The zero-order valence-corrected chi connectivity index (χ0v) is 13.3. The van der Waals surface area contributed by atoms with Crippen LogP contribution in [0.2, 0.25) is 0 Å². The molecule has 1 N–H and O–H groups in total. The molecule has 0 atom stereocenters. The molecule has 3 rings (SSSR count). The fraction of sp³-hybridized carbons (Fsp3) is 0.158. The van der Waals surface area contributed by atoms with Crippen molar-refractivity contribution in [1.82, 2.24) is 9.78 Å². The molecule has 0 aliphatic carbocycles. The highest BCUT2D eigenvalue weighted by molar-refractivity contribution is 6.04. The van der Waals surface area contributed by atoms with E-state index >= 15 is 0 Å². The summed E-state index contributed by atoms with van der Waals surface area (Å²) in [6.07, 6.45) is 4.21. The largest absolute Gasteiger partial charge is 0.321 e. The number of nitrogens with zero attached hydrogens (tertiary/aromatic N) is 2. The third kappa shape index (κ3) is 3.16. The summed E-state index contributed by atoms with van der Waals surface area (Å²) in [5, 5.41) is 7.29. The molecule has 0 fully saturated rings. The van der Waals surface area contributed by atoms with Crippen LogP contribution in [0.1, 0.15) is 28.4 Å². The number of carbonyl (C=O) groups is 1. The molecule has 23 heavy (non-hydrogen) atoms. The van der Waals surface area contributed by atoms with Gasteiger partial charge in [-0.3, -0.25) is 4.79 Å². The maximum atomic E-state index is 12.5. The van der Waals surface area contributed by atoms with Crippen LogP contribution in [0.25, 0.3) is 5.69 Å². The van der Waals surface area contributed by atoms with Crippen LogP contribution in [0.5, 0.6) is 0 Å². The molecule has 0 saturated carbocycles. The normalized spacial score (nSPS) is 10.5. The number of rotatable bonds is 4. The van der Waals surface area contributed by atoms with E-state index in [9.17, 15) is 4.79 Å². The zero-order chi connectivity index (χ0) is 16.2. The maximum absolute atomic E-state index is 12.5. The van der Waals surface area contributed by atoms with Crippen LogP contribution in [0.4, 0.5) is 5.69 Å². The summed E-state index contributed by atoms with van der Waals surface area (Å²) in [6, 6.07) is 15.8. The molecule has 0 aliphatic rings. The van der Waals surface area contributed by atoms with Crippen LogP contribution in [0.15, 0.2) is 60.9 Å². The molecule has 4 nitrogen and oxygen atoms in total. The van der Waals surface area contributed by atoms with Crippen molar-refractivity contribution in [3.05, 3.63) is 77.6 Å². The Morgan fingerprint density at radius 3 is 2.65 bits per heavy atom. The third-order valence-electron chi connectivity index (χ3n) is 3.84. The van der Waals surface area contributed by atoms with Crippen molar-refractivity contribution in [2.45, 2.75) is 20.3 Å². The molecular formula is C19H19N3O. The number of carbonyl (C=O) groups excluding carboxylic acids is 1. The van der Waals surface area contributed by atoms with Crippen LogP contribution in [0, 0.1) is 6.92 Å². The minimum absolute atomic E-state index is 0.142. The van der Waals surface area contributed by atoms with Crippen molar-refractivity contribution in [3.8, 4) is 5.69 Å². The molecule has 0 spiro atoms. The maximum Gasteiger partial charge on any atom is 0.258 e. The first-order valence-corrected chi connectivity index (χ1v) is 7.69. The molecule has 0 unspecified atom stereocenters. The first-order valence-electron chi connectivity index (χ1n) is 7.69. The number of benzene rings is 2. The number of anilines is 1. The summed E-state index contributed by atoms with van der Waals surface area (Å²) >= 11 is 0. The average molecular weight is 305 g/mol. The first kappa shape index (κ1) is 15.0. The number of aromatic nitrogens is 2. The van der Waals surface area contributed by atoms with Crippen LogP contribution >= 0.6 is 0 Å². The number of hydrogen-bond donors (Lipinski definition) is 1. The van der Waals surface area contributed by atoms with E-state index in [0.29, 0.717) is 5.56 Å². The Morgan fingerprint density at radius 2 is 1.91 bits per heavy atom. The smallest absolute Gasteiger partial charge is 0.258 e. The van der Waals surface area contributed by atoms with Crippen molar-refractivity contribution in [2.75, 3.05) is 5.32 Å². The van der Waals surface area contributed by atoms with Gasteiger partial charge >= 0.3 is 0 Å². The van der Waals surface area contributed by atoms with Gasteiger partial charge in [0.15, 0.2) is 0 Å². The molecule has 4 heteroatoms. The monoisotopic (exact) mass is 305 g/mol. The Kier molecular flexibility index (Phi) is 4.24. The van der Waals surface area contributed by atoms with Gasteiger partial charge in [-0.15, -0.1) is 0 Å². The lowest BCUT2D eigenvalue weighted by atomic mass is 10.1. The molecule has 0 aliphatic heterocycles. The highest BCUT2D eigenvalue weighted by Crippen LogP contribution is 2.22. The average Bonchev–Trinajstić information content (AvgIpc) is 3.07. The second-order valence-electron chi connectivity index (χ2n) is 5.43. The van der Waals surface area contributed by atoms with Crippen molar-refractivity contribution < 1.29 is 4.79 Å². The van der Waals surface area contributed by atoms with Crippen molar-refractivity contribution in [1.29, 1.82) is 0 Å². The summed E-state index contributed by atoms with van der Waals surface area (Å²) in [5.74, 6) is -0.142. The number of para-hydroxylation sites is 2. The van der Waals surface area contributed by atoms with Gasteiger partial charge in [0.05, 0.1) is 17.4 Å². The Labute approximate surface area is 135 Å². The van der Waals surface area contributed by atoms with E-state index in [-0.39, 0.29) is 5.91 Å². The van der Waals surface area contributed by atoms with E-state index < -0.39 is 0 Å². The van der Waals surface area contributed by atoms with E-state index in [1.807, 2.05) is 55.5 Å². The van der Waals surface area contributed by atoms with Crippen LogP contribution in [-0.2, 0) is 6.42 Å². The Hall–Kier alpha value is -2.88. The number of amides is 1. The second-order valence-corrected chi connectivity index (χ2v) is 5.43. The van der Waals surface area contributed by atoms with Gasteiger partial charge < -0.3 is 5.32 Å².